The molecule has 0 aliphatic carbocycles. The Hall–Kier alpha value is -2.31. The second kappa shape index (κ2) is 4.52. The molecule has 94 valence electrons. The number of nitrogens with two attached hydrogens (primary N) is 1. The molecule has 0 radical (unpaired) electrons. The van der Waals surface area contributed by atoms with Crippen LogP contribution in [0.3, 0.4) is 0 Å². The van der Waals surface area contributed by atoms with Crippen molar-refractivity contribution in [3.05, 3.63) is 47.5 Å². The van der Waals surface area contributed by atoms with E-state index in [1.54, 1.807) is 0 Å². The lowest BCUT2D eigenvalue weighted by atomic mass is 10.3. The summed E-state index contributed by atoms with van der Waals surface area (Å²) in [4.78, 5) is 3.33. The summed E-state index contributed by atoms with van der Waals surface area (Å²) in [6.45, 7) is 0. The van der Waals surface area contributed by atoms with Gasteiger partial charge in [-0.2, -0.15) is 0 Å². The van der Waals surface area contributed by atoms with Crippen molar-refractivity contribution in [1.29, 1.82) is 0 Å². The van der Waals surface area contributed by atoms with E-state index in [2.05, 4.69) is 10.3 Å². The lowest BCUT2D eigenvalue weighted by molar-refractivity contribution is 0.577. The minimum absolute atomic E-state index is 0.476. The molecule has 0 unspecified atom stereocenters. The van der Waals surface area contributed by atoms with Gasteiger partial charge in [0, 0.05) is 6.07 Å². The van der Waals surface area contributed by atoms with Gasteiger partial charge in [-0.05, 0) is 12.1 Å². The fourth-order valence-corrected chi connectivity index (χ4v) is 1.30. The number of hydrogen-bond acceptors (Lipinski definition) is 3. The predicted molar refractivity (Wildman–Crippen MR) is 58.2 cm³/mol. The monoisotopic (exact) mass is 257 g/mol. The Balaban J connectivity index is 2.43. The number of benzene rings is 1. The van der Waals surface area contributed by atoms with E-state index in [0.29, 0.717) is 6.07 Å². The molecular formula is C11H7F4N3. The summed E-state index contributed by atoms with van der Waals surface area (Å²) < 4.78 is 52.7. The van der Waals surface area contributed by atoms with Crippen LogP contribution in [0.4, 0.5) is 34.9 Å². The first-order valence-electron chi connectivity index (χ1n) is 4.81. The van der Waals surface area contributed by atoms with Crippen molar-refractivity contribution in [3.63, 3.8) is 0 Å². The molecule has 0 spiro atoms. The van der Waals surface area contributed by atoms with Crippen LogP contribution in [0.2, 0.25) is 0 Å². The van der Waals surface area contributed by atoms with Crippen LogP contribution < -0.4 is 11.1 Å². The number of rotatable bonds is 2. The van der Waals surface area contributed by atoms with Crippen molar-refractivity contribution in [2.75, 3.05) is 11.1 Å². The summed E-state index contributed by atoms with van der Waals surface area (Å²) >= 11 is 0. The minimum atomic E-state index is -1.11. The fourth-order valence-electron chi connectivity index (χ4n) is 1.30. The maximum Gasteiger partial charge on any atom is 0.169 e. The van der Waals surface area contributed by atoms with Crippen LogP contribution in [-0.2, 0) is 0 Å². The molecule has 18 heavy (non-hydrogen) atoms. The Kier molecular flexibility index (Phi) is 3.05. The second-order valence-electron chi connectivity index (χ2n) is 3.41. The number of aromatic nitrogens is 1. The predicted octanol–water partition coefficient (Wildman–Crippen LogP) is 2.96. The van der Waals surface area contributed by atoms with Gasteiger partial charge in [-0.25, -0.2) is 22.5 Å². The summed E-state index contributed by atoms with van der Waals surface area (Å²) in [6, 6.07) is 3.59. The highest BCUT2D eigenvalue weighted by atomic mass is 19.1. The molecule has 1 aromatic heterocycles. The lowest BCUT2D eigenvalue weighted by Gasteiger charge is -2.09. The first-order valence-corrected chi connectivity index (χ1v) is 4.81. The molecular weight excluding hydrogens is 250 g/mol. The molecule has 0 bridgehead atoms. The van der Waals surface area contributed by atoms with Crippen LogP contribution in [0.15, 0.2) is 24.3 Å². The normalized spacial score (nSPS) is 10.4. The topological polar surface area (TPSA) is 50.9 Å². The van der Waals surface area contributed by atoms with Crippen LogP contribution in [0, 0.1) is 23.3 Å². The standard InChI is InChI=1S/C11H7F4N3/c12-5-2-1-3-6(13)9(5)17-11-8(15)4-7(14)10(16)18-11/h1-4H,(H3,16,17,18). The molecule has 1 heterocycles. The molecule has 3 nitrogen and oxygen atoms in total. The van der Waals surface area contributed by atoms with Gasteiger partial charge in [-0.15, -0.1) is 0 Å². The molecule has 2 rings (SSSR count). The Bertz CT molecular complexity index is 581. The van der Waals surface area contributed by atoms with Gasteiger partial charge >= 0.3 is 0 Å². The van der Waals surface area contributed by atoms with E-state index in [1.807, 2.05) is 0 Å². The zero-order valence-corrected chi connectivity index (χ0v) is 8.85. The number of pyridine rings is 1. The van der Waals surface area contributed by atoms with Gasteiger partial charge in [0.2, 0.25) is 0 Å². The molecule has 0 atom stereocenters. The summed E-state index contributed by atoms with van der Waals surface area (Å²) in [5.74, 6) is -5.15. The van der Waals surface area contributed by atoms with Gasteiger partial charge in [0.25, 0.3) is 0 Å². The number of halogens is 4. The van der Waals surface area contributed by atoms with Crippen molar-refractivity contribution in [1.82, 2.24) is 4.98 Å². The highest BCUT2D eigenvalue weighted by molar-refractivity contribution is 5.59. The van der Waals surface area contributed by atoms with Crippen molar-refractivity contribution in [2.45, 2.75) is 0 Å². The molecule has 7 heteroatoms. The SMILES string of the molecule is Nc1nc(Nc2c(F)cccc2F)c(F)cc1F. The third-order valence-electron chi connectivity index (χ3n) is 2.16. The highest BCUT2D eigenvalue weighted by Crippen LogP contribution is 2.25. The van der Waals surface area contributed by atoms with Gasteiger partial charge in [0.1, 0.15) is 17.3 Å². The number of anilines is 3. The largest absolute Gasteiger partial charge is 0.381 e. The lowest BCUT2D eigenvalue weighted by Crippen LogP contribution is -2.05. The van der Waals surface area contributed by atoms with E-state index in [-0.39, 0.29) is 0 Å². The fraction of sp³-hybridized carbons (Fsp3) is 0. The summed E-state index contributed by atoms with van der Waals surface area (Å²) in [5.41, 5.74) is 4.55. The van der Waals surface area contributed by atoms with Gasteiger partial charge in [-0.1, -0.05) is 6.07 Å². The van der Waals surface area contributed by atoms with Crippen molar-refractivity contribution in [3.8, 4) is 0 Å². The van der Waals surface area contributed by atoms with Crippen molar-refractivity contribution in [2.24, 2.45) is 0 Å². The maximum atomic E-state index is 13.3. The first kappa shape index (κ1) is 12.2. The molecule has 0 aliphatic heterocycles. The van der Waals surface area contributed by atoms with E-state index in [0.717, 1.165) is 18.2 Å². The Labute approximate surface area is 99.3 Å². The average Bonchev–Trinajstić information content (AvgIpc) is 2.30. The number of nitrogen functional groups attached to an aromatic ring is 1. The summed E-state index contributed by atoms with van der Waals surface area (Å²) in [7, 11) is 0. The van der Waals surface area contributed by atoms with Gasteiger partial charge in [0.15, 0.2) is 23.3 Å². The molecule has 0 saturated heterocycles. The van der Waals surface area contributed by atoms with E-state index >= 15 is 0 Å². The Morgan fingerprint density at radius 2 is 1.56 bits per heavy atom. The third-order valence-corrected chi connectivity index (χ3v) is 2.16. The number of nitrogens with one attached hydrogen (secondary N) is 1. The van der Waals surface area contributed by atoms with Crippen LogP contribution in [0.25, 0.3) is 0 Å². The molecule has 2 aromatic rings. The smallest absolute Gasteiger partial charge is 0.169 e. The van der Waals surface area contributed by atoms with E-state index in [9.17, 15) is 17.6 Å². The average molecular weight is 257 g/mol. The molecule has 3 N–H and O–H groups in total. The second-order valence-corrected chi connectivity index (χ2v) is 3.41. The zero-order chi connectivity index (χ0) is 13.3. The number of hydrogen-bond donors (Lipinski definition) is 2. The quantitative estimate of drug-likeness (QED) is 0.813. The van der Waals surface area contributed by atoms with Crippen LogP contribution >= 0.6 is 0 Å². The minimum Gasteiger partial charge on any atom is -0.381 e. The van der Waals surface area contributed by atoms with Crippen LogP contribution in [0.5, 0.6) is 0 Å². The molecule has 0 amide bonds. The Morgan fingerprint density at radius 1 is 0.944 bits per heavy atom. The molecule has 0 aliphatic rings. The summed E-state index contributed by atoms with van der Waals surface area (Å²) in [5, 5.41) is 2.09. The van der Waals surface area contributed by atoms with Gasteiger partial charge in [0.05, 0.1) is 0 Å². The van der Waals surface area contributed by atoms with Crippen LogP contribution in [0.1, 0.15) is 0 Å². The zero-order valence-electron chi connectivity index (χ0n) is 8.85. The van der Waals surface area contributed by atoms with E-state index < -0.39 is 40.6 Å². The Morgan fingerprint density at radius 3 is 2.17 bits per heavy atom. The highest BCUT2D eigenvalue weighted by Gasteiger charge is 2.14. The molecule has 0 fully saturated rings. The van der Waals surface area contributed by atoms with E-state index in [1.165, 1.54) is 0 Å². The van der Waals surface area contributed by atoms with Gasteiger partial charge in [-0.3, -0.25) is 0 Å². The number of para-hydroxylation sites is 1. The van der Waals surface area contributed by atoms with Crippen LogP contribution in [-0.4, -0.2) is 4.98 Å². The first-order chi connectivity index (χ1) is 8.49. The molecule has 0 saturated carbocycles. The van der Waals surface area contributed by atoms with Crippen molar-refractivity contribution < 1.29 is 17.6 Å². The third kappa shape index (κ3) is 2.20. The number of nitrogens with zero attached hydrogens (tertiary/aromatic N) is 1. The molecule has 1 aromatic carbocycles. The maximum absolute atomic E-state index is 13.3. The summed E-state index contributed by atoms with van der Waals surface area (Å²) in [6.07, 6.45) is 0. The van der Waals surface area contributed by atoms with E-state index in [4.69, 9.17) is 5.73 Å². The van der Waals surface area contributed by atoms with Crippen molar-refractivity contribution >= 4 is 17.3 Å². The van der Waals surface area contributed by atoms with Gasteiger partial charge < -0.3 is 11.1 Å².